The van der Waals surface area contributed by atoms with Gasteiger partial charge in [-0.05, 0) is 187 Å². The highest BCUT2D eigenvalue weighted by molar-refractivity contribution is 6.31. The molecule has 0 atom stereocenters. The minimum Gasteiger partial charge on any atom is -0.505 e. The van der Waals surface area contributed by atoms with Gasteiger partial charge in [-0.15, -0.1) is 0 Å². The zero-order chi connectivity index (χ0) is 68.4. The lowest BCUT2D eigenvalue weighted by Crippen LogP contribution is -2.27. The Morgan fingerprint density at radius 3 is 0.903 bits per heavy atom. The monoisotopic (exact) mass is 1290 g/mol. The molecule has 0 radical (unpaired) electrons. The second-order valence-corrected chi connectivity index (χ2v) is 35.1. The summed E-state index contributed by atoms with van der Waals surface area (Å²) in [5, 5.41) is 31.4. The van der Waals surface area contributed by atoms with E-state index in [0.29, 0.717) is 51.5 Å². The lowest BCUT2D eigenvalue weighted by molar-refractivity contribution is 0.229. The summed E-state index contributed by atoms with van der Waals surface area (Å²) < 4.78 is 50.6. The molecule has 0 fully saturated rings. The Kier molecular flexibility index (Phi) is 17.8. The van der Waals surface area contributed by atoms with Crippen LogP contribution < -0.4 is 9.47 Å². The molecule has 10 heteroatoms. The van der Waals surface area contributed by atoms with Crippen LogP contribution in [0.2, 0.25) is 10.0 Å². The molecular formula is C83H98Cl2F2N2O4. The van der Waals surface area contributed by atoms with Crippen LogP contribution in [0.5, 0.6) is 23.0 Å². The fourth-order valence-electron chi connectivity index (χ4n) is 14.5. The summed E-state index contributed by atoms with van der Waals surface area (Å²) in [7, 11) is 0. The fraction of sp³-hybridized carbons (Fsp3) is 0.422. The Morgan fingerprint density at radius 1 is 0.376 bits per heavy atom. The molecule has 2 N–H and O–H groups in total. The number of aromatic nitrogens is 2. The third-order valence-electron chi connectivity index (χ3n) is 18.4. The highest BCUT2D eigenvalue weighted by Crippen LogP contribution is 2.55. The van der Waals surface area contributed by atoms with Crippen LogP contribution >= 0.6 is 23.2 Å². The third-order valence-corrected chi connectivity index (χ3v) is 18.9. The number of phenols is 2. The number of fused-ring (bicyclic) bond motifs is 6. The quantitative estimate of drug-likeness (QED) is 0.106. The number of phenolic OH excluding ortho intramolecular Hbond substituents is 2. The Morgan fingerprint density at radius 2 is 0.656 bits per heavy atom. The van der Waals surface area contributed by atoms with Crippen molar-refractivity contribution >= 4 is 66.8 Å². The van der Waals surface area contributed by atoms with Crippen LogP contribution in [0, 0.1) is 22.5 Å². The van der Waals surface area contributed by atoms with Gasteiger partial charge in [-0.2, -0.15) is 0 Å². The number of rotatable bonds is 14. The first-order valence-corrected chi connectivity index (χ1v) is 33.8. The molecule has 0 amide bonds. The Balaban J connectivity index is 1.21. The van der Waals surface area contributed by atoms with Crippen LogP contribution in [0.1, 0.15) is 205 Å². The van der Waals surface area contributed by atoms with Gasteiger partial charge < -0.3 is 28.8 Å². The molecule has 2 aromatic heterocycles. The maximum atomic E-state index is 15.7. The molecule has 492 valence electrons. The van der Waals surface area contributed by atoms with Gasteiger partial charge >= 0.3 is 0 Å². The van der Waals surface area contributed by atoms with Crippen LogP contribution in [-0.4, -0.2) is 32.6 Å². The normalized spacial score (nSPS) is 13.4. The first-order valence-electron chi connectivity index (χ1n) is 33.0. The Bertz CT molecular complexity index is 4080. The summed E-state index contributed by atoms with van der Waals surface area (Å²) in [4.78, 5) is 0. The predicted molar refractivity (Wildman–Crippen MR) is 390 cm³/mol. The van der Waals surface area contributed by atoms with Gasteiger partial charge in [0.1, 0.15) is 23.0 Å². The molecule has 8 aromatic carbocycles. The Labute approximate surface area is 562 Å². The van der Waals surface area contributed by atoms with Crippen molar-refractivity contribution in [2.45, 2.75) is 204 Å². The van der Waals surface area contributed by atoms with E-state index in [1.807, 2.05) is 12.1 Å². The maximum Gasteiger partial charge on any atom is 0.151 e. The second-order valence-electron chi connectivity index (χ2n) is 34.2. The lowest BCUT2D eigenvalue weighted by atomic mass is 9.71. The summed E-state index contributed by atoms with van der Waals surface area (Å²) in [6.07, 6.45) is 1.80. The van der Waals surface area contributed by atoms with Gasteiger partial charge in [0.25, 0.3) is 0 Å². The van der Waals surface area contributed by atoms with Gasteiger partial charge in [0.15, 0.2) is 23.0 Å². The average Bonchev–Trinajstić information content (AvgIpc) is 1.62. The fourth-order valence-corrected chi connectivity index (χ4v) is 14.9. The van der Waals surface area contributed by atoms with E-state index in [9.17, 15) is 10.2 Å². The zero-order valence-electron chi connectivity index (χ0n) is 59.2. The minimum atomic E-state index is -0.590. The van der Waals surface area contributed by atoms with Crippen molar-refractivity contribution in [3.05, 3.63) is 176 Å². The molecule has 0 spiro atoms. The summed E-state index contributed by atoms with van der Waals surface area (Å²) in [6.45, 7) is 49.1. The number of ether oxygens (including phenoxy) is 2. The van der Waals surface area contributed by atoms with Crippen LogP contribution in [0.15, 0.2) is 121 Å². The van der Waals surface area contributed by atoms with E-state index in [0.717, 1.165) is 67.6 Å². The van der Waals surface area contributed by atoms with Gasteiger partial charge in [-0.25, -0.2) is 8.78 Å². The predicted octanol–water partition coefficient (Wildman–Crippen LogP) is 24.7. The number of halogens is 4. The third kappa shape index (κ3) is 13.9. The number of hydrogen-bond donors (Lipinski definition) is 2. The highest BCUT2D eigenvalue weighted by Gasteiger charge is 2.38. The van der Waals surface area contributed by atoms with Crippen molar-refractivity contribution in [2.24, 2.45) is 10.8 Å². The van der Waals surface area contributed by atoms with E-state index in [1.165, 1.54) is 46.5 Å². The second kappa shape index (κ2) is 24.0. The summed E-state index contributed by atoms with van der Waals surface area (Å²) in [6, 6.07) is 39.2. The van der Waals surface area contributed by atoms with E-state index in [4.69, 9.17) is 32.7 Å². The molecule has 10 rings (SSSR count). The van der Waals surface area contributed by atoms with E-state index in [2.05, 4.69) is 234 Å². The highest BCUT2D eigenvalue weighted by atomic mass is 35.5. The molecule has 0 aliphatic rings. The molecule has 6 nitrogen and oxygen atoms in total. The molecular weight excluding hydrogens is 1200 g/mol. The van der Waals surface area contributed by atoms with Crippen LogP contribution in [0.3, 0.4) is 0 Å². The van der Waals surface area contributed by atoms with Gasteiger partial charge in [0.05, 0.1) is 35.3 Å². The van der Waals surface area contributed by atoms with E-state index < -0.39 is 22.5 Å². The molecule has 0 bridgehead atoms. The molecule has 0 saturated carbocycles. The first-order chi connectivity index (χ1) is 42.8. The standard InChI is InChI=1S/C83H98Cl2F2N2O4/c1-76(2,3)46-82(19,20)64-44-58(48-34-54(84)42-56(86)36-48)72(90)70(88-66-28-24-50(78(7,8)9)38-60(66)61-39-51(79(10,11)12)25-29-67(61)88)74(64)92-32-23-33-93-75-65(83(21,22)47-77(4,5)6)45-59(49-35-55(85)43-57(87)37-49)73(91)71(75)89-68-30-26-52(80(13,14)15)40-62(68)63-41-53(81(16,17)18)27-31-69(63)89/h24-31,34-45,90-91H,23,32-33,46-47H2,1-22H3. The zero-order valence-corrected chi connectivity index (χ0v) is 60.7. The summed E-state index contributed by atoms with van der Waals surface area (Å²) in [5.74, 6) is -0.232. The van der Waals surface area contributed by atoms with Crippen molar-refractivity contribution in [2.75, 3.05) is 13.2 Å². The number of nitrogens with zero attached hydrogens (tertiary/aromatic N) is 2. The lowest BCUT2D eigenvalue weighted by Gasteiger charge is -2.36. The molecule has 10 aromatic rings. The van der Waals surface area contributed by atoms with Gasteiger partial charge in [-0.1, -0.05) is 200 Å². The van der Waals surface area contributed by atoms with Crippen molar-refractivity contribution in [1.82, 2.24) is 9.13 Å². The van der Waals surface area contributed by atoms with Gasteiger partial charge in [-0.3, -0.25) is 0 Å². The van der Waals surface area contributed by atoms with Crippen LogP contribution in [-0.2, 0) is 32.5 Å². The molecule has 93 heavy (non-hydrogen) atoms. The summed E-state index contributed by atoms with van der Waals surface area (Å²) >= 11 is 13.4. The van der Waals surface area contributed by atoms with Crippen LogP contribution in [0.25, 0.3) is 77.2 Å². The molecule has 0 aliphatic heterocycles. The number of aromatic hydroxyl groups is 2. The number of hydrogen-bond acceptors (Lipinski definition) is 4. The molecule has 0 aliphatic carbocycles. The Hall–Kier alpha value is -7.00. The maximum absolute atomic E-state index is 15.7. The van der Waals surface area contributed by atoms with Crippen LogP contribution in [0.4, 0.5) is 8.78 Å². The average molecular weight is 1300 g/mol. The molecule has 2 heterocycles. The largest absolute Gasteiger partial charge is 0.505 e. The SMILES string of the molecule is CC(C)(C)CC(C)(C)c1cc(-c2cc(F)cc(Cl)c2)c(O)c(-n2c3ccc(C(C)(C)C)cc3c3cc(C(C)(C)C)ccc32)c1OCCCOc1c(C(C)(C)CC(C)(C)C)cc(-c2cc(F)cc(Cl)c2)c(O)c1-n1c2ccc(C(C)(C)C)cc2c2cc(C(C)(C)C)ccc21. The van der Waals surface area contributed by atoms with Crippen molar-refractivity contribution in [1.29, 1.82) is 0 Å². The van der Waals surface area contributed by atoms with Crippen molar-refractivity contribution < 1.29 is 28.5 Å². The topological polar surface area (TPSA) is 68.8 Å². The smallest absolute Gasteiger partial charge is 0.151 e. The number of benzene rings is 8. The van der Waals surface area contributed by atoms with E-state index in [1.54, 1.807) is 12.1 Å². The van der Waals surface area contributed by atoms with Gasteiger partial charge in [0.2, 0.25) is 0 Å². The molecule has 0 saturated heterocycles. The van der Waals surface area contributed by atoms with E-state index in [-0.39, 0.29) is 67.2 Å². The van der Waals surface area contributed by atoms with E-state index >= 15 is 8.78 Å². The summed E-state index contributed by atoms with van der Waals surface area (Å²) in [5.41, 5.74) is 10.2. The first kappa shape index (κ1) is 68.8. The molecule has 0 unspecified atom stereocenters. The van der Waals surface area contributed by atoms with Crippen molar-refractivity contribution in [3.8, 4) is 56.6 Å². The van der Waals surface area contributed by atoms with Gasteiger partial charge in [0, 0.05) is 60.3 Å². The van der Waals surface area contributed by atoms with Crippen molar-refractivity contribution in [3.63, 3.8) is 0 Å². The minimum absolute atomic E-state index is 0.0854.